The predicted molar refractivity (Wildman–Crippen MR) is 114 cm³/mol. The molecule has 1 aliphatic rings. The number of nitrogens with one attached hydrogen (secondary N) is 1. The molecule has 0 aromatic heterocycles. The van der Waals surface area contributed by atoms with E-state index in [1.165, 1.54) is 22.5 Å². The second kappa shape index (κ2) is 8.85. The molecule has 0 aliphatic carbocycles. The first-order chi connectivity index (χ1) is 14.3. The molecule has 30 heavy (non-hydrogen) atoms. The highest BCUT2D eigenvalue weighted by Gasteiger charge is 2.27. The maximum absolute atomic E-state index is 12.9. The van der Waals surface area contributed by atoms with Gasteiger partial charge in [0.05, 0.1) is 21.8 Å². The van der Waals surface area contributed by atoms with E-state index in [0.717, 1.165) is 6.42 Å². The summed E-state index contributed by atoms with van der Waals surface area (Å²) in [7, 11) is -3.75. The van der Waals surface area contributed by atoms with Crippen LogP contribution in [0.15, 0.2) is 47.4 Å². The van der Waals surface area contributed by atoms with Gasteiger partial charge in [-0.05, 0) is 36.8 Å². The number of aromatic hydroxyl groups is 1. The monoisotopic (exact) mass is 431 g/mol. The Bertz CT molecular complexity index is 1060. The molecule has 3 rings (SSSR count). The lowest BCUT2D eigenvalue weighted by atomic mass is 10.1. The van der Waals surface area contributed by atoms with Crippen molar-refractivity contribution in [2.75, 3.05) is 29.9 Å². The number of nitrogens with zero attached hydrogens (tertiary/aromatic N) is 2. The van der Waals surface area contributed by atoms with Crippen LogP contribution in [0.1, 0.15) is 37.0 Å². The molecular weight excluding hydrogens is 406 g/mol. The van der Waals surface area contributed by atoms with Crippen LogP contribution in [0.3, 0.4) is 0 Å². The largest absolute Gasteiger partial charge is 0.506 e. The van der Waals surface area contributed by atoms with E-state index < -0.39 is 15.9 Å². The number of hydrogen-bond acceptors (Lipinski definition) is 5. The predicted octanol–water partition coefficient (Wildman–Crippen LogP) is 2.80. The van der Waals surface area contributed by atoms with Gasteiger partial charge in [0.15, 0.2) is 0 Å². The zero-order valence-electron chi connectivity index (χ0n) is 17.0. The molecule has 0 atom stereocenters. The minimum atomic E-state index is -3.75. The molecule has 9 heteroatoms. The number of carbonyl (C=O) groups is 2. The van der Waals surface area contributed by atoms with Crippen LogP contribution < -0.4 is 10.2 Å². The van der Waals surface area contributed by atoms with Gasteiger partial charge < -0.3 is 15.3 Å². The first-order valence-electron chi connectivity index (χ1n) is 9.83. The van der Waals surface area contributed by atoms with Gasteiger partial charge >= 0.3 is 0 Å². The highest BCUT2D eigenvalue weighted by atomic mass is 32.2. The zero-order valence-corrected chi connectivity index (χ0v) is 17.8. The molecular formula is C21H25N3O5S. The van der Waals surface area contributed by atoms with Crippen molar-refractivity contribution in [3.05, 3.63) is 48.0 Å². The number of benzene rings is 2. The Hall–Kier alpha value is -2.91. The Morgan fingerprint density at radius 1 is 1.17 bits per heavy atom. The van der Waals surface area contributed by atoms with Gasteiger partial charge in [-0.15, -0.1) is 0 Å². The molecule has 8 nitrogen and oxygen atoms in total. The normalized spacial score (nSPS) is 14.4. The average Bonchev–Trinajstić information content (AvgIpc) is 3.16. The van der Waals surface area contributed by atoms with Gasteiger partial charge in [-0.25, -0.2) is 8.42 Å². The van der Waals surface area contributed by atoms with Crippen LogP contribution in [-0.4, -0.2) is 49.3 Å². The third-order valence-corrected chi connectivity index (χ3v) is 7.12. The van der Waals surface area contributed by atoms with Crippen molar-refractivity contribution < 1.29 is 23.1 Å². The molecule has 2 aromatic carbocycles. The molecule has 0 spiro atoms. The van der Waals surface area contributed by atoms with Crippen molar-refractivity contribution in [2.24, 2.45) is 0 Å². The van der Waals surface area contributed by atoms with Crippen molar-refractivity contribution in [1.82, 2.24) is 4.31 Å². The van der Waals surface area contributed by atoms with Crippen LogP contribution in [0.25, 0.3) is 0 Å². The van der Waals surface area contributed by atoms with Crippen molar-refractivity contribution in [1.29, 1.82) is 0 Å². The summed E-state index contributed by atoms with van der Waals surface area (Å²) < 4.78 is 26.8. The Balaban J connectivity index is 1.93. The van der Waals surface area contributed by atoms with Gasteiger partial charge in [-0.1, -0.05) is 26.0 Å². The van der Waals surface area contributed by atoms with Gasteiger partial charge in [-0.2, -0.15) is 4.31 Å². The van der Waals surface area contributed by atoms with E-state index in [1.54, 1.807) is 43.0 Å². The summed E-state index contributed by atoms with van der Waals surface area (Å²) in [6.45, 7) is 4.62. The number of carbonyl (C=O) groups excluding carboxylic acids is 2. The maximum atomic E-state index is 12.9. The molecule has 160 valence electrons. The van der Waals surface area contributed by atoms with Crippen LogP contribution in [0.2, 0.25) is 0 Å². The number of phenolic OH excluding ortho intramolecular Hbond substituents is 1. The lowest BCUT2D eigenvalue weighted by Crippen LogP contribution is -2.30. The molecule has 1 saturated heterocycles. The van der Waals surface area contributed by atoms with Crippen molar-refractivity contribution in [3.8, 4) is 5.75 Å². The number of hydrogen-bond donors (Lipinski definition) is 2. The highest BCUT2D eigenvalue weighted by molar-refractivity contribution is 7.89. The number of rotatable bonds is 7. The third-order valence-electron chi connectivity index (χ3n) is 5.07. The minimum absolute atomic E-state index is 0.0178. The molecule has 2 N–H and O–H groups in total. The Kier molecular flexibility index (Phi) is 6.42. The fourth-order valence-corrected chi connectivity index (χ4v) is 4.97. The van der Waals surface area contributed by atoms with Crippen molar-refractivity contribution >= 4 is 33.2 Å². The average molecular weight is 432 g/mol. The molecule has 0 bridgehead atoms. The van der Waals surface area contributed by atoms with E-state index in [9.17, 15) is 23.1 Å². The van der Waals surface area contributed by atoms with E-state index in [4.69, 9.17) is 0 Å². The van der Waals surface area contributed by atoms with Crippen molar-refractivity contribution in [3.63, 3.8) is 0 Å². The molecule has 1 aliphatic heterocycles. The second-order valence-electron chi connectivity index (χ2n) is 6.89. The quantitative estimate of drug-likeness (QED) is 0.656. The Labute approximate surface area is 176 Å². The number of sulfonamides is 1. The topological polar surface area (TPSA) is 107 Å². The molecule has 1 heterocycles. The van der Waals surface area contributed by atoms with E-state index in [2.05, 4.69) is 5.32 Å². The Morgan fingerprint density at radius 3 is 2.50 bits per heavy atom. The van der Waals surface area contributed by atoms with E-state index in [-0.39, 0.29) is 27.8 Å². The molecule has 0 unspecified atom stereocenters. The van der Waals surface area contributed by atoms with Gasteiger partial charge in [0.25, 0.3) is 5.91 Å². The van der Waals surface area contributed by atoms with Gasteiger partial charge in [0, 0.05) is 26.1 Å². The SMILES string of the molecule is CCN(CC)S(=O)(=O)c1ccc(O)c(NC(=O)c2ccccc2N2CCCC2=O)c1. The second-order valence-corrected chi connectivity index (χ2v) is 8.83. The smallest absolute Gasteiger partial charge is 0.257 e. The fraction of sp³-hybridized carbons (Fsp3) is 0.333. The van der Waals surface area contributed by atoms with Crippen molar-refractivity contribution in [2.45, 2.75) is 31.6 Å². The number of amides is 2. The van der Waals surface area contributed by atoms with Crippen LogP contribution in [0.5, 0.6) is 5.75 Å². The zero-order chi connectivity index (χ0) is 21.9. The number of anilines is 2. The summed E-state index contributed by atoms with van der Waals surface area (Å²) in [6, 6.07) is 10.5. The molecule has 0 radical (unpaired) electrons. The Morgan fingerprint density at radius 2 is 1.87 bits per heavy atom. The van der Waals surface area contributed by atoms with Gasteiger partial charge in [0.1, 0.15) is 5.75 Å². The van der Waals surface area contributed by atoms with Crippen LogP contribution in [0.4, 0.5) is 11.4 Å². The summed E-state index contributed by atoms with van der Waals surface area (Å²) in [5.41, 5.74) is 0.740. The molecule has 0 saturated carbocycles. The van der Waals surface area contributed by atoms with Gasteiger partial charge in [0.2, 0.25) is 15.9 Å². The van der Waals surface area contributed by atoms with E-state index >= 15 is 0 Å². The first-order valence-corrected chi connectivity index (χ1v) is 11.3. The van der Waals surface area contributed by atoms with Gasteiger partial charge in [-0.3, -0.25) is 9.59 Å². The fourth-order valence-electron chi connectivity index (χ4n) is 3.48. The molecule has 1 fully saturated rings. The first kappa shape index (κ1) is 21.8. The van der Waals surface area contributed by atoms with E-state index in [0.29, 0.717) is 31.7 Å². The van der Waals surface area contributed by atoms with Crippen LogP contribution >= 0.6 is 0 Å². The standard InChI is InChI=1S/C21H25N3O5S/c1-3-23(4-2)30(28,29)15-11-12-19(25)17(14-15)22-21(27)16-8-5-6-9-18(16)24-13-7-10-20(24)26/h5-6,8-9,11-12,14,25H,3-4,7,10,13H2,1-2H3,(H,22,27). The highest BCUT2D eigenvalue weighted by Crippen LogP contribution is 2.30. The number of para-hydroxylation sites is 1. The summed E-state index contributed by atoms with van der Waals surface area (Å²) in [5.74, 6) is -0.847. The van der Waals surface area contributed by atoms with Crippen LogP contribution in [-0.2, 0) is 14.8 Å². The van der Waals surface area contributed by atoms with E-state index in [1.807, 2.05) is 0 Å². The maximum Gasteiger partial charge on any atom is 0.257 e. The van der Waals surface area contributed by atoms with Crippen LogP contribution in [0, 0.1) is 0 Å². The summed E-state index contributed by atoms with van der Waals surface area (Å²) in [6.07, 6.45) is 1.16. The molecule has 2 amide bonds. The number of phenols is 1. The summed E-state index contributed by atoms with van der Waals surface area (Å²) >= 11 is 0. The summed E-state index contributed by atoms with van der Waals surface area (Å²) in [4.78, 5) is 26.6. The summed E-state index contributed by atoms with van der Waals surface area (Å²) in [5, 5.41) is 12.8. The lowest BCUT2D eigenvalue weighted by molar-refractivity contribution is -0.117. The molecule has 2 aromatic rings. The third kappa shape index (κ3) is 4.17. The minimum Gasteiger partial charge on any atom is -0.506 e. The lowest BCUT2D eigenvalue weighted by Gasteiger charge is -2.20.